The molecule has 1 saturated carbocycles. The van der Waals surface area contributed by atoms with Crippen molar-refractivity contribution in [2.45, 2.75) is 45.2 Å². The molecular weight excluding hydrogens is 372 g/mol. The molecule has 29 heavy (non-hydrogen) atoms. The van der Waals surface area contributed by atoms with E-state index < -0.39 is 5.41 Å². The van der Waals surface area contributed by atoms with E-state index in [1.54, 1.807) is 17.1 Å². The first-order valence-corrected chi connectivity index (χ1v) is 10.9. The van der Waals surface area contributed by atoms with Crippen molar-refractivity contribution in [3.05, 3.63) is 18.5 Å². The zero-order valence-corrected chi connectivity index (χ0v) is 17.3. The van der Waals surface area contributed by atoms with Crippen molar-refractivity contribution in [1.82, 2.24) is 19.6 Å². The molecule has 0 spiro atoms. The molecule has 1 amide bonds. The number of carbonyl (C=O) groups excluding carboxylic acids is 2. The maximum absolute atomic E-state index is 13.1. The summed E-state index contributed by atoms with van der Waals surface area (Å²) >= 11 is 0. The van der Waals surface area contributed by atoms with Crippen molar-refractivity contribution in [1.29, 1.82) is 0 Å². The summed E-state index contributed by atoms with van der Waals surface area (Å²) in [7, 11) is 0. The second-order valence-corrected chi connectivity index (χ2v) is 8.46. The Balaban J connectivity index is 1.48. The highest BCUT2D eigenvalue weighted by molar-refractivity contribution is 5.81. The Hall–Kier alpha value is -1.93. The van der Waals surface area contributed by atoms with Crippen LogP contribution >= 0.6 is 0 Å². The number of aromatic nitrogens is 2. The number of ether oxygens (including phenoxy) is 2. The first-order chi connectivity index (χ1) is 14.1. The predicted octanol–water partition coefficient (Wildman–Crippen LogP) is 1.17. The van der Waals surface area contributed by atoms with Crippen LogP contribution in [0.1, 0.15) is 32.6 Å². The van der Waals surface area contributed by atoms with Crippen LogP contribution in [0.3, 0.4) is 0 Å². The number of carbonyl (C=O) groups is 2. The third-order valence-corrected chi connectivity index (χ3v) is 6.94. The summed E-state index contributed by atoms with van der Waals surface area (Å²) in [5.41, 5.74) is -0.573. The molecule has 3 aliphatic rings. The molecule has 4 rings (SSSR count). The first kappa shape index (κ1) is 20.3. The van der Waals surface area contributed by atoms with Gasteiger partial charge in [0.25, 0.3) is 0 Å². The number of likely N-dealkylation sites (tertiary alicyclic amines) is 1. The summed E-state index contributed by atoms with van der Waals surface area (Å²) in [6.07, 6.45) is 7.07. The highest BCUT2D eigenvalue weighted by atomic mass is 16.5. The van der Waals surface area contributed by atoms with Crippen LogP contribution in [0.25, 0.3) is 0 Å². The van der Waals surface area contributed by atoms with Crippen LogP contribution in [0.5, 0.6) is 0 Å². The molecule has 8 nitrogen and oxygen atoms in total. The molecule has 3 atom stereocenters. The molecule has 8 heteroatoms. The molecule has 1 aliphatic carbocycles. The number of rotatable bonds is 5. The summed E-state index contributed by atoms with van der Waals surface area (Å²) in [6.45, 7) is 7.13. The van der Waals surface area contributed by atoms with Crippen molar-refractivity contribution >= 4 is 11.9 Å². The van der Waals surface area contributed by atoms with E-state index in [2.05, 4.69) is 10.00 Å². The average molecular weight is 405 g/mol. The minimum atomic E-state index is -0.573. The van der Waals surface area contributed by atoms with E-state index in [0.29, 0.717) is 25.7 Å². The molecule has 2 saturated heterocycles. The number of hydrogen-bond acceptors (Lipinski definition) is 6. The standard InChI is InChI=1S/C21H32N4O4/c1-2-29-20(27)21-6-4-18(23-10-12-28-13-11-23)14-17(21)5-9-24(16-21)19(26)15-25-8-3-7-22-25/h3,7-8,17-18H,2,4-6,9-16H2,1H3/t17-,18?,21-/m1/s1. The zero-order valence-electron chi connectivity index (χ0n) is 17.3. The molecular formula is C21H32N4O4. The lowest BCUT2D eigenvalue weighted by molar-refractivity contribution is -0.171. The highest BCUT2D eigenvalue weighted by Gasteiger charge is 2.54. The van der Waals surface area contributed by atoms with Gasteiger partial charge in [0.15, 0.2) is 0 Å². The fourth-order valence-electron chi connectivity index (χ4n) is 5.36. The second kappa shape index (κ2) is 8.83. The van der Waals surface area contributed by atoms with E-state index in [9.17, 15) is 9.59 Å². The maximum atomic E-state index is 13.1. The van der Waals surface area contributed by atoms with E-state index in [1.165, 1.54) is 0 Å². The summed E-state index contributed by atoms with van der Waals surface area (Å²) in [5, 5.41) is 4.14. The lowest BCUT2D eigenvalue weighted by Crippen LogP contribution is -2.60. The number of fused-ring (bicyclic) bond motifs is 1. The van der Waals surface area contributed by atoms with Crippen LogP contribution in [0, 0.1) is 11.3 Å². The minimum Gasteiger partial charge on any atom is -0.466 e. The van der Waals surface area contributed by atoms with Crippen molar-refractivity contribution in [3.8, 4) is 0 Å². The molecule has 1 aromatic rings. The molecule has 3 fully saturated rings. The SMILES string of the molecule is CCOC(=O)[C@@]12CCC(N3CCOCC3)C[C@H]1CCN(C(=O)Cn1cccn1)C2. The van der Waals surface area contributed by atoms with E-state index in [4.69, 9.17) is 9.47 Å². The normalized spacial score (nSPS) is 30.6. The molecule has 0 bridgehead atoms. The van der Waals surface area contributed by atoms with Crippen LogP contribution in [0.4, 0.5) is 0 Å². The van der Waals surface area contributed by atoms with Crippen LogP contribution in [0.15, 0.2) is 18.5 Å². The van der Waals surface area contributed by atoms with E-state index in [1.807, 2.05) is 17.9 Å². The van der Waals surface area contributed by atoms with Gasteiger partial charge in [-0.05, 0) is 44.6 Å². The Bertz CT molecular complexity index is 704. The van der Waals surface area contributed by atoms with Gasteiger partial charge in [0.2, 0.25) is 5.91 Å². The third-order valence-electron chi connectivity index (χ3n) is 6.94. The van der Waals surface area contributed by atoms with Gasteiger partial charge in [-0.25, -0.2) is 0 Å². The van der Waals surface area contributed by atoms with Gasteiger partial charge < -0.3 is 14.4 Å². The third kappa shape index (κ3) is 4.19. The number of morpholine rings is 1. The quantitative estimate of drug-likeness (QED) is 0.686. The van der Waals surface area contributed by atoms with E-state index in [0.717, 1.165) is 52.0 Å². The predicted molar refractivity (Wildman–Crippen MR) is 106 cm³/mol. The van der Waals surface area contributed by atoms with Crippen molar-refractivity contribution in [2.75, 3.05) is 46.0 Å². The van der Waals surface area contributed by atoms with Gasteiger partial charge in [0.1, 0.15) is 6.54 Å². The Morgan fingerprint density at radius 3 is 2.79 bits per heavy atom. The molecule has 0 N–H and O–H groups in total. The van der Waals surface area contributed by atoms with Gasteiger partial charge in [-0.15, -0.1) is 0 Å². The Morgan fingerprint density at radius 2 is 2.07 bits per heavy atom. The molecule has 1 unspecified atom stereocenters. The number of hydrogen-bond donors (Lipinski definition) is 0. The van der Waals surface area contributed by atoms with Gasteiger partial charge in [0, 0.05) is 44.6 Å². The second-order valence-electron chi connectivity index (χ2n) is 8.46. The largest absolute Gasteiger partial charge is 0.466 e. The number of amides is 1. The Morgan fingerprint density at radius 1 is 1.24 bits per heavy atom. The van der Waals surface area contributed by atoms with Crippen LogP contribution in [0.2, 0.25) is 0 Å². The molecule has 1 aromatic heterocycles. The van der Waals surface area contributed by atoms with E-state index >= 15 is 0 Å². The topological polar surface area (TPSA) is 76.9 Å². The fraction of sp³-hybridized carbons (Fsp3) is 0.762. The fourth-order valence-corrected chi connectivity index (χ4v) is 5.36. The number of esters is 1. The maximum Gasteiger partial charge on any atom is 0.314 e. The van der Waals surface area contributed by atoms with Gasteiger partial charge in [-0.1, -0.05) is 0 Å². The van der Waals surface area contributed by atoms with Crippen molar-refractivity contribution in [2.24, 2.45) is 11.3 Å². The molecule has 0 aromatic carbocycles. The molecule has 3 heterocycles. The monoisotopic (exact) mass is 404 g/mol. The summed E-state index contributed by atoms with van der Waals surface area (Å²) in [5.74, 6) is 0.157. The average Bonchev–Trinajstić information content (AvgIpc) is 3.26. The van der Waals surface area contributed by atoms with Crippen molar-refractivity contribution in [3.63, 3.8) is 0 Å². The summed E-state index contributed by atoms with van der Waals surface area (Å²) in [6, 6.07) is 2.31. The van der Waals surface area contributed by atoms with Gasteiger partial charge in [-0.2, -0.15) is 5.10 Å². The van der Waals surface area contributed by atoms with E-state index in [-0.39, 0.29) is 24.3 Å². The van der Waals surface area contributed by atoms with Gasteiger partial charge in [-0.3, -0.25) is 19.2 Å². The smallest absolute Gasteiger partial charge is 0.314 e. The number of nitrogens with zero attached hydrogens (tertiary/aromatic N) is 4. The summed E-state index contributed by atoms with van der Waals surface area (Å²) < 4.78 is 12.7. The molecule has 0 radical (unpaired) electrons. The lowest BCUT2D eigenvalue weighted by atomic mass is 9.61. The first-order valence-electron chi connectivity index (χ1n) is 10.9. The Kier molecular flexibility index (Phi) is 6.20. The van der Waals surface area contributed by atoms with Crippen LogP contribution < -0.4 is 0 Å². The van der Waals surface area contributed by atoms with Crippen LogP contribution in [-0.4, -0.2) is 83.5 Å². The van der Waals surface area contributed by atoms with Crippen molar-refractivity contribution < 1.29 is 19.1 Å². The van der Waals surface area contributed by atoms with Gasteiger partial charge in [0.05, 0.1) is 25.2 Å². The summed E-state index contributed by atoms with van der Waals surface area (Å²) in [4.78, 5) is 30.3. The van der Waals surface area contributed by atoms with Crippen LogP contribution in [-0.2, 0) is 25.6 Å². The lowest BCUT2D eigenvalue weighted by Gasteiger charge is -2.52. The zero-order chi connectivity index (χ0) is 20.3. The molecule has 160 valence electrons. The number of piperidine rings is 1. The Labute approximate surface area is 172 Å². The van der Waals surface area contributed by atoms with Gasteiger partial charge >= 0.3 is 5.97 Å². The minimum absolute atomic E-state index is 0.0196. The molecule has 2 aliphatic heterocycles. The highest BCUT2D eigenvalue weighted by Crippen LogP contribution is 2.48.